The van der Waals surface area contributed by atoms with Crippen LogP contribution in [0.1, 0.15) is 18.4 Å². The Balaban J connectivity index is 2.05. The zero-order chi connectivity index (χ0) is 14.6. The summed E-state index contributed by atoms with van der Waals surface area (Å²) in [4.78, 5) is 34.6. The van der Waals surface area contributed by atoms with Gasteiger partial charge in [-0.05, 0) is 12.0 Å². The predicted molar refractivity (Wildman–Crippen MR) is 68.8 cm³/mol. The monoisotopic (exact) mass is 277 g/mol. The van der Waals surface area contributed by atoms with Crippen molar-refractivity contribution in [2.24, 2.45) is 0 Å². The summed E-state index contributed by atoms with van der Waals surface area (Å²) < 4.78 is 5.07. The molecule has 20 heavy (non-hydrogen) atoms. The van der Waals surface area contributed by atoms with Gasteiger partial charge in [-0.1, -0.05) is 30.3 Å². The van der Waals surface area contributed by atoms with Crippen molar-refractivity contribution in [3.63, 3.8) is 0 Å². The molecule has 1 aliphatic rings. The Bertz CT molecular complexity index is 516. The van der Waals surface area contributed by atoms with Crippen molar-refractivity contribution in [3.8, 4) is 0 Å². The van der Waals surface area contributed by atoms with E-state index in [1.54, 1.807) is 24.3 Å². The van der Waals surface area contributed by atoms with Crippen LogP contribution in [0.2, 0.25) is 0 Å². The molecular weight excluding hydrogens is 262 g/mol. The van der Waals surface area contributed by atoms with Crippen molar-refractivity contribution in [3.05, 3.63) is 35.9 Å². The number of carbonyl (C=O) groups is 3. The molecule has 0 bridgehead atoms. The van der Waals surface area contributed by atoms with E-state index in [0.29, 0.717) is 0 Å². The number of aliphatic carboxylic acids is 1. The van der Waals surface area contributed by atoms with Crippen LogP contribution in [-0.4, -0.2) is 34.9 Å². The molecule has 1 aliphatic heterocycles. The molecule has 1 heterocycles. The summed E-state index contributed by atoms with van der Waals surface area (Å²) in [6.07, 6.45) is -0.0332. The van der Waals surface area contributed by atoms with Crippen LogP contribution in [-0.2, 0) is 25.7 Å². The molecule has 0 aromatic heterocycles. The molecule has 1 aromatic carbocycles. The zero-order valence-electron chi connectivity index (χ0n) is 10.8. The Morgan fingerprint density at radius 2 is 2.00 bits per heavy atom. The molecule has 0 aliphatic carbocycles. The Morgan fingerprint density at radius 3 is 2.55 bits per heavy atom. The van der Waals surface area contributed by atoms with Gasteiger partial charge in [0.05, 0.1) is 6.54 Å². The van der Waals surface area contributed by atoms with Gasteiger partial charge in [0.15, 0.2) is 0 Å². The van der Waals surface area contributed by atoms with Crippen LogP contribution in [0, 0.1) is 0 Å². The van der Waals surface area contributed by atoms with E-state index in [1.165, 1.54) is 0 Å². The van der Waals surface area contributed by atoms with Gasteiger partial charge >= 0.3 is 11.9 Å². The number of nitrogens with one attached hydrogen (secondary N) is 1. The number of ether oxygens (including phenoxy) is 1. The number of Topliss-reactive ketones (excluding diaryl/α,β-unsaturated/α-hetero) is 1. The lowest BCUT2D eigenvalue weighted by molar-refractivity contribution is -0.165. The number of benzene rings is 1. The summed E-state index contributed by atoms with van der Waals surface area (Å²) in [7, 11) is 0. The maximum absolute atomic E-state index is 12.1. The molecule has 1 atom stereocenters. The van der Waals surface area contributed by atoms with E-state index in [0.717, 1.165) is 5.56 Å². The number of carboxylic acid groups (broad SMARTS) is 1. The van der Waals surface area contributed by atoms with Crippen LogP contribution in [0.4, 0.5) is 0 Å². The van der Waals surface area contributed by atoms with E-state index in [4.69, 9.17) is 4.74 Å². The smallest absolute Gasteiger partial charge is 0.338 e. The van der Waals surface area contributed by atoms with Gasteiger partial charge in [0.2, 0.25) is 5.54 Å². The maximum atomic E-state index is 12.1. The molecule has 0 spiro atoms. The molecule has 0 radical (unpaired) electrons. The molecule has 6 heteroatoms. The highest BCUT2D eigenvalue weighted by molar-refractivity contribution is 6.06. The zero-order valence-corrected chi connectivity index (χ0v) is 10.8. The fourth-order valence-electron chi connectivity index (χ4n) is 2.04. The molecule has 0 unspecified atom stereocenters. The first-order valence-corrected chi connectivity index (χ1v) is 6.26. The molecule has 1 fully saturated rings. The predicted octanol–water partition coefficient (Wildman–Crippen LogP) is 0.506. The summed E-state index contributed by atoms with van der Waals surface area (Å²) >= 11 is 0. The number of hydrogen-bond acceptors (Lipinski definition) is 5. The summed E-state index contributed by atoms with van der Waals surface area (Å²) in [5, 5.41) is 11.8. The van der Waals surface area contributed by atoms with Gasteiger partial charge < -0.3 is 9.84 Å². The number of piperidine rings is 1. The van der Waals surface area contributed by atoms with Crippen molar-refractivity contribution in [2.45, 2.75) is 25.0 Å². The number of carbonyl (C=O) groups excluding carboxylic acids is 2. The average molecular weight is 277 g/mol. The highest BCUT2D eigenvalue weighted by Gasteiger charge is 2.49. The first-order chi connectivity index (χ1) is 9.54. The van der Waals surface area contributed by atoms with Crippen molar-refractivity contribution in [2.75, 3.05) is 6.54 Å². The van der Waals surface area contributed by atoms with Crippen molar-refractivity contribution in [1.29, 1.82) is 0 Å². The van der Waals surface area contributed by atoms with Crippen LogP contribution < -0.4 is 5.32 Å². The van der Waals surface area contributed by atoms with Crippen molar-refractivity contribution >= 4 is 17.7 Å². The Kier molecular flexibility index (Phi) is 4.14. The van der Waals surface area contributed by atoms with E-state index in [2.05, 4.69) is 5.32 Å². The van der Waals surface area contributed by atoms with Gasteiger partial charge in [0.25, 0.3) is 0 Å². The fourth-order valence-corrected chi connectivity index (χ4v) is 2.04. The van der Waals surface area contributed by atoms with Gasteiger partial charge in [-0.3, -0.25) is 10.1 Å². The third-order valence-electron chi connectivity index (χ3n) is 3.29. The molecule has 1 saturated heterocycles. The van der Waals surface area contributed by atoms with Crippen LogP contribution in [0.15, 0.2) is 30.3 Å². The topological polar surface area (TPSA) is 92.7 Å². The lowest BCUT2D eigenvalue weighted by atomic mass is 9.88. The standard InChI is InChI=1S/C14H15NO5/c16-11-6-7-14(12(17)18,15-8-11)13(19)20-9-10-4-2-1-3-5-10/h1-5,15H,6-9H2,(H,17,18)/t14-/m0/s1. The Morgan fingerprint density at radius 1 is 1.30 bits per heavy atom. The first-order valence-electron chi connectivity index (χ1n) is 6.26. The second-order valence-electron chi connectivity index (χ2n) is 4.66. The third-order valence-corrected chi connectivity index (χ3v) is 3.29. The Hall–Kier alpha value is -2.21. The van der Waals surface area contributed by atoms with E-state index in [-0.39, 0.29) is 31.8 Å². The highest BCUT2D eigenvalue weighted by Crippen LogP contribution is 2.20. The van der Waals surface area contributed by atoms with Gasteiger partial charge in [-0.15, -0.1) is 0 Å². The van der Waals surface area contributed by atoms with Gasteiger partial charge in [0.1, 0.15) is 12.4 Å². The first kappa shape index (κ1) is 14.2. The average Bonchev–Trinajstić information content (AvgIpc) is 2.46. The summed E-state index contributed by atoms with van der Waals surface area (Å²) in [5.41, 5.74) is -1.05. The lowest BCUT2D eigenvalue weighted by Crippen LogP contribution is -2.62. The van der Waals surface area contributed by atoms with Gasteiger partial charge in [-0.2, -0.15) is 0 Å². The molecular formula is C14H15NO5. The molecule has 6 nitrogen and oxygen atoms in total. The molecule has 106 valence electrons. The molecule has 0 amide bonds. The maximum Gasteiger partial charge on any atom is 0.338 e. The highest BCUT2D eigenvalue weighted by atomic mass is 16.5. The number of esters is 1. The number of hydrogen-bond donors (Lipinski definition) is 2. The van der Waals surface area contributed by atoms with Crippen LogP contribution in [0.25, 0.3) is 0 Å². The summed E-state index contributed by atoms with van der Waals surface area (Å²) in [5.74, 6) is -2.29. The molecule has 1 aromatic rings. The minimum Gasteiger partial charge on any atom is -0.479 e. The van der Waals surface area contributed by atoms with E-state index in [9.17, 15) is 19.5 Å². The lowest BCUT2D eigenvalue weighted by Gasteiger charge is -2.31. The largest absolute Gasteiger partial charge is 0.479 e. The number of ketones is 1. The number of carboxylic acids is 1. The van der Waals surface area contributed by atoms with Crippen molar-refractivity contribution < 1.29 is 24.2 Å². The second-order valence-corrected chi connectivity index (χ2v) is 4.66. The normalized spacial score (nSPS) is 22.3. The minimum absolute atomic E-state index is 0.00430. The Labute approximate surface area is 115 Å². The number of rotatable bonds is 4. The molecule has 0 saturated carbocycles. The van der Waals surface area contributed by atoms with Gasteiger partial charge in [0, 0.05) is 6.42 Å². The summed E-state index contributed by atoms with van der Waals surface area (Å²) in [6.45, 7) is -0.128. The second kappa shape index (κ2) is 5.83. The van der Waals surface area contributed by atoms with Crippen LogP contribution >= 0.6 is 0 Å². The minimum atomic E-state index is -1.82. The van der Waals surface area contributed by atoms with Crippen LogP contribution in [0.3, 0.4) is 0 Å². The van der Waals surface area contributed by atoms with E-state index < -0.39 is 17.5 Å². The molecule has 2 N–H and O–H groups in total. The SMILES string of the molecule is O=C1CC[C@](C(=O)O)(C(=O)OCc2ccccc2)NC1. The molecule has 2 rings (SSSR count). The van der Waals surface area contributed by atoms with E-state index >= 15 is 0 Å². The quantitative estimate of drug-likeness (QED) is 0.615. The summed E-state index contributed by atoms with van der Waals surface area (Å²) in [6, 6.07) is 8.98. The van der Waals surface area contributed by atoms with Crippen molar-refractivity contribution in [1.82, 2.24) is 5.32 Å². The van der Waals surface area contributed by atoms with Crippen LogP contribution in [0.5, 0.6) is 0 Å². The fraction of sp³-hybridized carbons (Fsp3) is 0.357. The van der Waals surface area contributed by atoms with Gasteiger partial charge in [-0.25, -0.2) is 9.59 Å². The van der Waals surface area contributed by atoms with E-state index in [1.807, 2.05) is 6.07 Å². The third kappa shape index (κ3) is 2.85.